The van der Waals surface area contributed by atoms with Crippen LogP contribution in [-0.4, -0.2) is 40.8 Å². The van der Waals surface area contributed by atoms with E-state index in [1.54, 1.807) is 0 Å². The van der Waals surface area contributed by atoms with E-state index < -0.39 is 0 Å². The molecule has 0 bridgehead atoms. The Morgan fingerprint density at radius 2 is 1.82 bits per heavy atom. The third kappa shape index (κ3) is 4.12. The first-order valence-electron chi connectivity index (χ1n) is 10.2. The minimum absolute atomic E-state index is 0.0680. The average molecular weight is 398 g/mol. The number of amides is 2. The summed E-state index contributed by atoms with van der Waals surface area (Å²) in [5.41, 5.74) is 3.16. The maximum atomic E-state index is 13.0. The lowest BCUT2D eigenvalue weighted by Gasteiger charge is -2.32. The van der Waals surface area contributed by atoms with Gasteiger partial charge >= 0.3 is 0 Å². The van der Waals surface area contributed by atoms with E-state index in [0.717, 1.165) is 53.2 Å². The summed E-state index contributed by atoms with van der Waals surface area (Å²) in [4.78, 5) is 32.2. The summed E-state index contributed by atoms with van der Waals surface area (Å²) in [7, 11) is 0. The quantitative estimate of drug-likeness (QED) is 0.834. The lowest BCUT2D eigenvalue weighted by Crippen LogP contribution is -2.46. The molecule has 1 aliphatic carbocycles. The first-order chi connectivity index (χ1) is 13.5. The summed E-state index contributed by atoms with van der Waals surface area (Å²) >= 11 is 1.48. The molecule has 148 valence electrons. The van der Waals surface area contributed by atoms with Crippen molar-refractivity contribution in [1.29, 1.82) is 0 Å². The third-order valence-corrected chi connectivity index (χ3v) is 6.87. The predicted molar refractivity (Wildman–Crippen MR) is 111 cm³/mol. The number of rotatable bonds is 5. The number of piperidine rings is 1. The molecule has 0 spiro atoms. The number of likely N-dealkylation sites (tertiary alicyclic amines) is 1. The highest BCUT2D eigenvalue weighted by Crippen LogP contribution is 2.31. The van der Waals surface area contributed by atoms with Crippen molar-refractivity contribution < 1.29 is 9.59 Å². The molecule has 0 atom stereocenters. The maximum Gasteiger partial charge on any atom is 0.265 e. The molecule has 0 unspecified atom stereocenters. The van der Waals surface area contributed by atoms with E-state index in [2.05, 4.69) is 41.5 Å². The molecule has 2 aromatic rings. The Bertz CT molecular complexity index is 862. The van der Waals surface area contributed by atoms with E-state index in [4.69, 9.17) is 0 Å². The standard InChI is InChI=1S/C22H27N3O2S/c1-3-15-4-6-17(7-5-15)21-23-14(2)19(28-21)22(27)25-12-10-18(11-13-25)24-20(26)16-8-9-16/h4-7,16,18H,3,8-13H2,1-2H3,(H,24,26). The van der Waals surface area contributed by atoms with E-state index in [-0.39, 0.29) is 23.8 Å². The maximum absolute atomic E-state index is 13.0. The molecule has 0 radical (unpaired) electrons. The van der Waals surface area contributed by atoms with Crippen LogP contribution in [0.1, 0.15) is 53.5 Å². The van der Waals surface area contributed by atoms with Gasteiger partial charge in [0, 0.05) is 30.6 Å². The number of hydrogen-bond acceptors (Lipinski definition) is 4. The number of carbonyl (C=O) groups is 2. The number of aromatic nitrogens is 1. The fraction of sp³-hybridized carbons (Fsp3) is 0.500. The van der Waals surface area contributed by atoms with Crippen molar-refractivity contribution in [3.05, 3.63) is 40.4 Å². The van der Waals surface area contributed by atoms with Crippen molar-refractivity contribution in [2.75, 3.05) is 13.1 Å². The van der Waals surface area contributed by atoms with E-state index in [0.29, 0.717) is 13.1 Å². The van der Waals surface area contributed by atoms with Crippen LogP contribution in [0.25, 0.3) is 10.6 Å². The highest BCUT2D eigenvalue weighted by Gasteiger charge is 2.32. The summed E-state index contributed by atoms with van der Waals surface area (Å²) in [5.74, 6) is 0.504. The second-order valence-electron chi connectivity index (χ2n) is 7.83. The molecule has 2 fully saturated rings. The normalized spacial score (nSPS) is 17.6. The number of thiazole rings is 1. The van der Waals surface area contributed by atoms with Crippen LogP contribution in [0.15, 0.2) is 24.3 Å². The van der Waals surface area contributed by atoms with Gasteiger partial charge in [-0.25, -0.2) is 4.98 Å². The Morgan fingerprint density at radius 3 is 2.43 bits per heavy atom. The van der Waals surface area contributed by atoms with Crippen LogP contribution in [0.2, 0.25) is 0 Å². The van der Waals surface area contributed by atoms with E-state index in [1.165, 1.54) is 16.9 Å². The molecule has 6 heteroatoms. The van der Waals surface area contributed by atoms with Crippen LogP contribution in [0.3, 0.4) is 0 Å². The summed E-state index contributed by atoms with van der Waals surface area (Å²) in [6.07, 6.45) is 4.72. The third-order valence-electron chi connectivity index (χ3n) is 5.68. The van der Waals surface area contributed by atoms with E-state index in [9.17, 15) is 9.59 Å². The van der Waals surface area contributed by atoms with Gasteiger partial charge < -0.3 is 10.2 Å². The molecule has 2 heterocycles. The highest BCUT2D eigenvalue weighted by molar-refractivity contribution is 7.17. The second-order valence-corrected chi connectivity index (χ2v) is 8.83. The van der Waals surface area contributed by atoms with Gasteiger partial charge in [-0.15, -0.1) is 11.3 Å². The number of nitrogens with one attached hydrogen (secondary N) is 1. The van der Waals surface area contributed by atoms with Crippen LogP contribution in [0.5, 0.6) is 0 Å². The van der Waals surface area contributed by atoms with Gasteiger partial charge in [-0.3, -0.25) is 9.59 Å². The molecule has 2 amide bonds. The van der Waals surface area contributed by atoms with Gasteiger partial charge in [-0.2, -0.15) is 0 Å². The minimum atomic E-state index is 0.0680. The van der Waals surface area contributed by atoms with Crippen LogP contribution in [0.4, 0.5) is 0 Å². The minimum Gasteiger partial charge on any atom is -0.353 e. The van der Waals surface area contributed by atoms with Crippen molar-refractivity contribution in [3.63, 3.8) is 0 Å². The van der Waals surface area contributed by atoms with Gasteiger partial charge in [0.15, 0.2) is 0 Å². The zero-order valence-electron chi connectivity index (χ0n) is 16.5. The van der Waals surface area contributed by atoms with Gasteiger partial charge in [0.25, 0.3) is 5.91 Å². The molecule has 4 rings (SSSR count). The molecule has 1 aromatic carbocycles. The van der Waals surface area contributed by atoms with E-state index >= 15 is 0 Å². The first-order valence-corrected chi connectivity index (χ1v) is 11.0. The van der Waals surface area contributed by atoms with Gasteiger partial charge in [0.1, 0.15) is 9.88 Å². The Hall–Kier alpha value is -2.21. The van der Waals surface area contributed by atoms with Crippen LogP contribution >= 0.6 is 11.3 Å². The summed E-state index contributed by atoms with van der Waals surface area (Å²) in [6.45, 7) is 5.43. The molecule has 1 aromatic heterocycles. The Morgan fingerprint density at radius 1 is 1.14 bits per heavy atom. The molecule has 2 aliphatic rings. The molecular weight excluding hydrogens is 370 g/mol. The lowest BCUT2D eigenvalue weighted by atomic mass is 10.0. The van der Waals surface area contributed by atoms with Gasteiger partial charge in [0.2, 0.25) is 5.91 Å². The number of hydrogen-bond donors (Lipinski definition) is 1. The van der Waals surface area contributed by atoms with Gasteiger partial charge in [-0.05, 0) is 44.6 Å². The number of nitrogens with zero attached hydrogens (tertiary/aromatic N) is 2. The summed E-state index contributed by atoms with van der Waals surface area (Å²) < 4.78 is 0. The topological polar surface area (TPSA) is 62.3 Å². The fourth-order valence-electron chi connectivity index (χ4n) is 3.64. The summed E-state index contributed by atoms with van der Waals surface area (Å²) in [5, 5.41) is 4.04. The molecular formula is C22H27N3O2S. The first kappa shape index (κ1) is 19.1. The van der Waals surface area contributed by atoms with Crippen molar-refractivity contribution in [3.8, 4) is 10.6 Å². The molecule has 1 aliphatic heterocycles. The lowest BCUT2D eigenvalue weighted by molar-refractivity contribution is -0.123. The molecule has 28 heavy (non-hydrogen) atoms. The fourth-order valence-corrected chi connectivity index (χ4v) is 4.68. The molecule has 1 saturated carbocycles. The van der Waals surface area contributed by atoms with Crippen LogP contribution < -0.4 is 5.32 Å². The van der Waals surface area contributed by atoms with Crippen molar-refractivity contribution in [2.45, 2.75) is 52.0 Å². The Labute approximate surface area is 170 Å². The van der Waals surface area contributed by atoms with Crippen LogP contribution in [0, 0.1) is 12.8 Å². The number of carbonyl (C=O) groups excluding carboxylic acids is 2. The van der Waals surface area contributed by atoms with Crippen molar-refractivity contribution >= 4 is 23.2 Å². The average Bonchev–Trinajstić information content (AvgIpc) is 3.50. The highest BCUT2D eigenvalue weighted by atomic mass is 32.1. The molecule has 5 nitrogen and oxygen atoms in total. The van der Waals surface area contributed by atoms with Crippen LogP contribution in [-0.2, 0) is 11.2 Å². The Balaban J connectivity index is 1.39. The smallest absolute Gasteiger partial charge is 0.265 e. The van der Waals surface area contributed by atoms with Crippen molar-refractivity contribution in [2.24, 2.45) is 5.92 Å². The Kier molecular flexibility index (Phi) is 5.49. The van der Waals surface area contributed by atoms with Gasteiger partial charge in [-0.1, -0.05) is 31.2 Å². The largest absolute Gasteiger partial charge is 0.353 e. The van der Waals surface area contributed by atoms with E-state index in [1.807, 2.05) is 11.8 Å². The summed E-state index contributed by atoms with van der Waals surface area (Å²) in [6, 6.07) is 8.61. The predicted octanol–water partition coefficient (Wildman–Crippen LogP) is 3.81. The SMILES string of the molecule is CCc1ccc(-c2nc(C)c(C(=O)N3CCC(NC(=O)C4CC4)CC3)s2)cc1. The zero-order valence-corrected chi connectivity index (χ0v) is 17.3. The second kappa shape index (κ2) is 8.03. The monoisotopic (exact) mass is 397 g/mol. The number of aryl methyl sites for hydroxylation is 2. The molecule has 1 saturated heterocycles. The van der Waals surface area contributed by atoms with Gasteiger partial charge in [0.05, 0.1) is 5.69 Å². The number of benzene rings is 1. The molecule has 1 N–H and O–H groups in total. The van der Waals surface area contributed by atoms with Crippen molar-refractivity contribution in [1.82, 2.24) is 15.2 Å². The zero-order chi connectivity index (χ0) is 19.7.